The number of hydrogen-bond donors (Lipinski definition) is 1. The van der Waals surface area contributed by atoms with Gasteiger partial charge in [-0.2, -0.15) is 0 Å². The summed E-state index contributed by atoms with van der Waals surface area (Å²) in [5.41, 5.74) is 3.31. The lowest BCUT2D eigenvalue weighted by Crippen LogP contribution is -2.31. The third-order valence-corrected chi connectivity index (χ3v) is 3.94. The maximum Gasteiger partial charge on any atom is 0.338 e. The fourth-order valence-corrected chi connectivity index (χ4v) is 2.42. The van der Waals surface area contributed by atoms with Gasteiger partial charge in [0.2, 0.25) is 0 Å². The maximum absolute atomic E-state index is 12.1. The molecule has 1 unspecified atom stereocenters. The molecule has 0 bridgehead atoms. The van der Waals surface area contributed by atoms with E-state index in [-0.39, 0.29) is 18.6 Å². The number of hydrogen-bond acceptors (Lipinski definition) is 4. The summed E-state index contributed by atoms with van der Waals surface area (Å²) in [5, 5.41) is 2.82. The molecule has 1 atom stereocenters. The predicted octanol–water partition coefficient (Wildman–Crippen LogP) is 3.35. The van der Waals surface area contributed by atoms with Crippen LogP contribution in [-0.2, 0) is 9.53 Å². The first-order valence-electron chi connectivity index (χ1n) is 8.08. The molecule has 0 aliphatic carbocycles. The molecule has 0 radical (unpaired) electrons. The third-order valence-electron chi connectivity index (χ3n) is 3.94. The average Bonchev–Trinajstić information content (AvgIpc) is 2.60. The third kappa shape index (κ3) is 5.08. The zero-order chi connectivity index (χ0) is 18.4. The Kier molecular flexibility index (Phi) is 6.17. The molecule has 1 amide bonds. The predicted molar refractivity (Wildman–Crippen MR) is 95.8 cm³/mol. The van der Waals surface area contributed by atoms with Crippen LogP contribution in [0.4, 0.5) is 0 Å². The van der Waals surface area contributed by atoms with Crippen LogP contribution in [-0.4, -0.2) is 25.6 Å². The topological polar surface area (TPSA) is 64.6 Å². The molecule has 0 saturated carbocycles. The van der Waals surface area contributed by atoms with Gasteiger partial charge in [-0.05, 0) is 50.1 Å². The molecule has 0 aromatic heterocycles. The summed E-state index contributed by atoms with van der Waals surface area (Å²) in [5.74, 6) is -0.204. The first-order valence-corrected chi connectivity index (χ1v) is 8.08. The minimum atomic E-state index is -0.529. The van der Waals surface area contributed by atoms with E-state index in [1.807, 2.05) is 38.1 Å². The molecule has 0 saturated heterocycles. The smallest absolute Gasteiger partial charge is 0.338 e. The molecule has 0 heterocycles. The Morgan fingerprint density at radius 3 is 2.36 bits per heavy atom. The van der Waals surface area contributed by atoms with Crippen molar-refractivity contribution in [1.82, 2.24) is 5.32 Å². The van der Waals surface area contributed by atoms with Gasteiger partial charge in [0.15, 0.2) is 6.61 Å². The van der Waals surface area contributed by atoms with E-state index in [1.54, 1.807) is 32.2 Å². The summed E-state index contributed by atoms with van der Waals surface area (Å²) in [7, 11) is 1.56. The first-order chi connectivity index (χ1) is 11.9. The van der Waals surface area contributed by atoms with Gasteiger partial charge in [0.25, 0.3) is 5.91 Å². The Balaban J connectivity index is 1.89. The van der Waals surface area contributed by atoms with Crippen molar-refractivity contribution in [2.24, 2.45) is 0 Å². The van der Waals surface area contributed by atoms with Crippen LogP contribution in [0.3, 0.4) is 0 Å². The summed E-state index contributed by atoms with van der Waals surface area (Å²) >= 11 is 0. The summed E-state index contributed by atoms with van der Waals surface area (Å²) in [6.07, 6.45) is 0. The summed E-state index contributed by atoms with van der Waals surface area (Å²) in [4.78, 5) is 24.1. The summed E-state index contributed by atoms with van der Waals surface area (Å²) < 4.78 is 10.2. The molecule has 5 heteroatoms. The quantitative estimate of drug-likeness (QED) is 0.819. The van der Waals surface area contributed by atoms with Crippen LogP contribution in [0.25, 0.3) is 0 Å². The highest BCUT2D eigenvalue weighted by Gasteiger charge is 2.15. The SMILES string of the molecule is COc1ccc(C(=O)OCC(=O)NC(C)c2ccc(C)cc2)c(C)c1. The molecule has 0 fully saturated rings. The monoisotopic (exact) mass is 341 g/mol. The highest BCUT2D eigenvalue weighted by molar-refractivity contribution is 5.92. The standard InChI is InChI=1S/C20H23NO4/c1-13-5-7-16(8-6-13)15(3)21-19(22)12-25-20(23)18-10-9-17(24-4)11-14(18)2/h5-11,15H,12H2,1-4H3,(H,21,22). The minimum Gasteiger partial charge on any atom is -0.497 e. The lowest BCUT2D eigenvalue weighted by molar-refractivity contribution is -0.124. The molecular weight excluding hydrogens is 318 g/mol. The Labute approximate surface area is 148 Å². The average molecular weight is 341 g/mol. The highest BCUT2D eigenvalue weighted by Crippen LogP contribution is 2.17. The van der Waals surface area contributed by atoms with Gasteiger partial charge in [-0.3, -0.25) is 4.79 Å². The van der Waals surface area contributed by atoms with Crippen molar-refractivity contribution in [1.29, 1.82) is 0 Å². The second kappa shape index (κ2) is 8.33. The number of carbonyl (C=O) groups excluding carboxylic acids is 2. The molecule has 132 valence electrons. The van der Waals surface area contributed by atoms with Gasteiger partial charge in [-0.25, -0.2) is 4.79 Å². The fraction of sp³-hybridized carbons (Fsp3) is 0.300. The Hall–Kier alpha value is -2.82. The van der Waals surface area contributed by atoms with Crippen molar-refractivity contribution in [2.75, 3.05) is 13.7 Å². The Bertz CT molecular complexity index is 753. The zero-order valence-corrected chi connectivity index (χ0v) is 15.0. The number of nitrogens with one attached hydrogen (secondary N) is 1. The molecule has 2 rings (SSSR count). The highest BCUT2D eigenvalue weighted by atomic mass is 16.5. The number of carbonyl (C=O) groups is 2. The van der Waals surface area contributed by atoms with Crippen molar-refractivity contribution < 1.29 is 19.1 Å². The van der Waals surface area contributed by atoms with Gasteiger partial charge >= 0.3 is 5.97 Å². The lowest BCUT2D eigenvalue weighted by atomic mass is 10.1. The minimum absolute atomic E-state index is 0.158. The van der Waals surface area contributed by atoms with Crippen LogP contribution in [0.5, 0.6) is 5.75 Å². The summed E-state index contributed by atoms with van der Waals surface area (Å²) in [6, 6.07) is 12.8. The molecule has 5 nitrogen and oxygen atoms in total. The van der Waals surface area contributed by atoms with Gasteiger partial charge in [0, 0.05) is 0 Å². The number of ether oxygens (including phenoxy) is 2. The number of esters is 1. The molecule has 0 aliphatic heterocycles. The largest absolute Gasteiger partial charge is 0.497 e. The number of methoxy groups -OCH3 is 1. The molecule has 25 heavy (non-hydrogen) atoms. The molecule has 2 aromatic rings. The number of benzene rings is 2. The molecule has 2 aromatic carbocycles. The van der Waals surface area contributed by atoms with E-state index in [2.05, 4.69) is 5.32 Å². The van der Waals surface area contributed by atoms with Gasteiger partial charge in [0.1, 0.15) is 5.75 Å². The van der Waals surface area contributed by atoms with E-state index < -0.39 is 5.97 Å². The van der Waals surface area contributed by atoms with Crippen molar-refractivity contribution in [3.63, 3.8) is 0 Å². The van der Waals surface area contributed by atoms with Crippen LogP contribution in [0, 0.1) is 13.8 Å². The van der Waals surface area contributed by atoms with Gasteiger partial charge in [0.05, 0.1) is 18.7 Å². The van der Waals surface area contributed by atoms with E-state index in [0.717, 1.165) is 16.7 Å². The van der Waals surface area contributed by atoms with E-state index >= 15 is 0 Å². The summed E-state index contributed by atoms with van der Waals surface area (Å²) in [6.45, 7) is 5.37. The van der Waals surface area contributed by atoms with Crippen LogP contribution < -0.4 is 10.1 Å². The lowest BCUT2D eigenvalue weighted by Gasteiger charge is -2.15. The van der Waals surface area contributed by atoms with Crippen LogP contribution >= 0.6 is 0 Å². The first kappa shape index (κ1) is 18.5. The normalized spacial score (nSPS) is 11.5. The zero-order valence-electron chi connectivity index (χ0n) is 15.0. The number of amides is 1. The van der Waals surface area contributed by atoms with E-state index in [0.29, 0.717) is 11.3 Å². The van der Waals surface area contributed by atoms with E-state index in [4.69, 9.17) is 9.47 Å². The van der Waals surface area contributed by atoms with E-state index in [1.165, 1.54) is 0 Å². The van der Waals surface area contributed by atoms with Gasteiger partial charge < -0.3 is 14.8 Å². The van der Waals surface area contributed by atoms with Crippen molar-refractivity contribution >= 4 is 11.9 Å². The molecular formula is C20H23NO4. The van der Waals surface area contributed by atoms with Crippen LogP contribution in [0.1, 0.15) is 40.0 Å². The van der Waals surface area contributed by atoms with Crippen LogP contribution in [0.15, 0.2) is 42.5 Å². The second-order valence-electron chi connectivity index (χ2n) is 5.96. The van der Waals surface area contributed by atoms with Crippen molar-refractivity contribution in [3.8, 4) is 5.75 Å². The second-order valence-corrected chi connectivity index (χ2v) is 5.96. The molecule has 1 N–H and O–H groups in total. The van der Waals surface area contributed by atoms with Gasteiger partial charge in [-0.1, -0.05) is 29.8 Å². The molecule has 0 spiro atoms. The maximum atomic E-state index is 12.1. The number of aryl methyl sites for hydroxylation is 2. The van der Waals surface area contributed by atoms with Gasteiger partial charge in [-0.15, -0.1) is 0 Å². The fourth-order valence-electron chi connectivity index (χ4n) is 2.42. The Morgan fingerprint density at radius 2 is 1.76 bits per heavy atom. The Morgan fingerprint density at radius 1 is 1.08 bits per heavy atom. The van der Waals surface area contributed by atoms with Crippen molar-refractivity contribution in [2.45, 2.75) is 26.8 Å². The van der Waals surface area contributed by atoms with Crippen molar-refractivity contribution in [3.05, 3.63) is 64.7 Å². The number of rotatable bonds is 6. The van der Waals surface area contributed by atoms with Crippen LogP contribution in [0.2, 0.25) is 0 Å². The molecule has 0 aliphatic rings. The van der Waals surface area contributed by atoms with E-state index in [9.17, 15) is 9.59 Å².